The predicted octanol–water partition coefficient (Wildman–Crippen LogP) is 6.07. The molecule has 0 aliphatic carbocycles. The molecule has 0 saturated heterocycles. The van der Waals surface area contributed by atoms with E-state index in [0.29, 0.717) is 27.6 Å². The van der Waals surface area contributed by atoms with Crippen molar-refractivity contribution in [2.75, 3.05) is 16.4 Å². The van der Waals surface area contributed by atoms with Crippen LogP contribution in [0.4, 0.5) is 11.4 Å². The number of amides is 2. The fourth-order valence-corrected chi connectivity index (χ4v) is 5.80. The van der Waals surface area contributed by atoms with Gasteiger partial charge in [-0.3, -0.25) is 9.59 Å². The van der Waals surface area contributed by atoms with Crippen molar-refractivity contribution in [1.82, 2.24) is 5.32 Å². The minimum atomic E-state index is -0.523. The number of carbonyl (C=O) groups excluding carboxylic acids is 2. The van der Waals surface area contributed by atoms with E-state index in [4.69, 9.17) is 0 Å². The first-order valence-corrected chi connectivity index (χ1v) is 13.3. The number of nitriles is 1. The number of dihydropyridines is 1. The number of thiophene rings is 1. The third-order valence-corrected chi connectivity index (χ3v) is 7.71. The predicted molar refractivity (Wildman–Crippen MR) is 148 cm³/mol. The van der Waals surface area contributed by atoms with Gasteiger partial charge in [0, 0.05) is 27.5 Å². The van der Waals surface area contributed by atoms with E-state index in [1.165, 1.54) is 23.1 Å². The van der Waals surface area contributed by atoms with Gasteiger partial charge in [0.2, 0.25) is 5.91 Å². The van der Waals surface area contributed by atoms with Crippen LogP contribution in [-0.4, -0.2) is 17.6 Å². The van der Waals surface area contributed by atoms with Crippen molar-refractivity contribution < 1.29 is 9.59 Å². The molecular formula is C28H26N4O2S2. The summed E-state index contributed by atoms with van der Waals surface area (Å²) in [6, 6.07) is 21.2. The molecule has 1 aromatic heterocycles. The van der Waals surface area contributed by atoms with E-state index in [2.05, 4.69) is 22.0 Å². The largest absolute Gasteiger partial charge is 0.353 e. The van der Waals surface area contributed by atoms with Crippen molar-refractivity contribution in [2.24, 2.45) is 0 Å². The number of benzene rings is 2. The van der Waals surface area contributed by atoms with Crippen LogP contribution in [0.15, 0.2) is 87.9 Å². The molecule has 2 heterocycles. The standard InChI is InChI=1S/C28H26N4O2S2/c1-17-11-12-22(18(2)14-17)32-24(33)16-36-28-21(15-29)26(23-10-7-13-35-23)25(19(3)30-28)27(34)31-20-8-5-4-6-9-20/h4-14,26,30H,16H2,1-3H3,(H,31,34)(H,32,33)/t26-/m1/s1. The van der Waals surface area contributed by atoms with Gasteiger partial charge in [0.25, 0.3) is 5.91 Å². The number of hydrogen-bond donors (Lipinski definition) is 3. The summed E-state index contributed by atoms with van der Waals surface area (Å²) in [5.74, 6) is -0.837. The van der Waals surface area contributed by atoms with E-state index < -0.39 is 5.92 Å². The van der Waals surface area contributed by atoms with E-state index in [0.717, 1.165) is 21.7 Å². The number of allylic oxidation sites excluding steroid dienone is 2. The molecule has 0 spiro atoms. The van der Waals surface area contributed by atoms with Crippen molar-refractivity contribution >= 4 is 46.3 Å². The maximum absolute atomic E-state index is 13.4. The van der Waals surface area contributed by atoms with Crippen LogP contribution in [0.25, 0.3) is 0 Å². The summed E-state index contributed by atoms with van der Waals surface area (Å²) in [5.41, 5.74) is 5.13. The van der Waals surface area contributed by atoms with Gasteiger partial charge in [-0.25, -0.2) is 0 Å². The first-order valence-electron chi connectivity index (χ1n) is 11.4. The Morgan fingerprint density at radius 2 is 1.83 bits per heavy atom. The van der Waals surface area contributed by atoms with Crippen LogP contribution in [0.5, 0.6) is 0 Å². The summed E-state index contributed by atoms with van der Waals surface area (Å²) in [7, 11) is 0. The van der Waals surface area contributed by atoms with Gasteiger partial charge in [0.05, 0.1) is 28.3 Å². The summed E-state index contributed by atoms with van der Waals surface area (Å²) in [5, 5.41) is 21.8. The molecule has 3 aromatic rings. The van der Waals surface area contributed by atoms with E-state index in [9.17, 15) is 14.9 Å². The third-order valence-electron chi connectivity index (χ3n) is 5.76. The lowest BCUT2D eigenvalue weighted by atomic mass is 9.86. The lowest BCUT2D eigenvalue weighted by molar-refractivity contribution is -0.114. The number of hydrogen-bond acceptors (Lipinski definition) is 6. The third kappa shape index (κ3) is 5.70. The van der Waals surface area contributed by atoms with E-state index in [-0.39, 0.29) is 17.6 Å². The Morgan fingerprint density at radius 1 is 1.06 bits per heavy atom. The molecule has 2 amide bonds. The number of para-hydroxylation sites is 1. The van der Waals surface area contributed by atoms with E-state index >= 15 is 0 Å². The van der Waals surface area contributed by atoms with Crippen LogP contribution in [-0.2, 0) is 9.59 Å². The van der Waals surface area contributed by atoms with Gasteiger partial charge in [-0.15, -0.1) is 11.3 Å². The fraction of sp³-hybridized carbons (Fsp3) is 0.179. The molecule has 0 saturated carbocycles. The number of thioether (sulfide) groups is 1. The maximum atomic E-state index is 13.4. The van der Waals surface area contributed by atoms with Gasteiger partial charge in [0.1, 0.15) is 0 Å². The van der Waals surface area contributed by atoms with Crippen LogP contribution in [0, 0.1) is 25.2 Å². The molecule has 0 fully saturated rings. The summed E-state index contributed by atoms with van der Waals surface area (Å²) in [6.45, 7) is 5.79. The highest BCUT2D eigenvalue weighted by atomic mass is 32.2. The number of anilines is 2. The second-order valence-corrected chi connectivity index (χ2v) is 10.4. The maximum Gasteiger partial charge on any atom is 0.254 e. The zero-order valence-corrected chi connectivity index (χ0v) is 21.8. The molecule has 6 nitrogen and oxygen atoms in total. The number of carbonyl (C=O) groups is 2. The second-order valence-electron chi connectivity index (χ2n) is 8.44. The first kappa shape index (κ1) is 25.3. The molecule has 8 heteroatoms. The second kappa shape index (κ2) is 11.3. The summed E-state index contributed by atoms with van der Waals surface area (Å²) >= 11 is 2.75. The fourth-order valence-electron chi connectivity index (χ4n) is 4.07. The van der Waals surface area contributed by atoms with Gasteiger partial charge < -0.3 is 16.0 Å². The van der Waals surface area contributed by atoms with Gasteiger partial charge >= 0.3 is 0 Å². The molecule has 1 aliphatic rings. The zero-order valence-electron chi connectivity index (χ0n) is 20.2. The van der Waals surface area contributed by atoms with Crippen LogP contribution in [0.2, 0.25) is 0 Å². The van der Waals surface area contributed by atoms with Crippen LogP contribution >= 0.6 is 23.1 Å². The minimum Gasteiger partial charge on any atom is -0.353 e. The Morgan fingerprint density at radius 3 is 2.50 bits per heavy atom. The Labute approximate surface area is 219 Å². The average Bonchev–Trinajstić information content (AvgIpc) is 3.39. The van der Waals surface area contributed by atoms with Gasteiger partial charge in [-0.2, -0.15) is 5.26 Å². The van der Waals surface area contributed by atoms with Crippen molar-refractivity contribution in [3.63, 3.8) is 0 Å². The summed E-state index contributed by atoms with van der Waals surface area (Å²) in [4.78, 5) is 27.0. The minimum absolute atomic E-state index is 0.122. The van der Waals surface area contributed by atoms with Crippen LogP contribution in [0.1, 0.15) is 28.8 Å². The topological polar surface area (TPSA) is 94.0 Å². The van der Waals surface area contributed by atoms with Crippen molar-refractivity contribution in [3.8, 4) is 6.07 Å². The lowest BCUT2D eigenvalue weighted by Gasteiger charge is -2.29. The van der Waals surface area contributed by atoms with Crippen LogP contribution in [0.3, 0.4) is 0 Å². The Balaban J connectivity index is 1.57. The van der Waals surface area contributed by atoms with Crippen molar-refractivity contribution in [1.29, 1.82) is 5.26 Å². The molecule has 2 aromatic carbocycles. The highest BCUT2D eigenvalue weighted by Gasteiger charge is 2.35. The highest BCUT2D eigenvalue weighted by molar-refractivity contribution is 8.03. The molecular weight excluding hydrogens is 488 g/mol. The monoisotopic (exact) mass is 514 g/mol. The molecule has 36 heavy (non-hydrogen) atoms. The lowest BCUT2D eigenvalue weighted by Crippen LogP contribution is -2.30. The SMILES string of the molecule is CC1=C(C(=O)Nc2ccccc2)[C@@H](c2cccs2)C(C#N)=C(SCC(=O)Nc2ccc(C)cc2C)N1. The number of nitrogens with zero attached hydrogens (tertiary/aromatic N) is 1. The normalized spacial score (nSPS) is 15.2. The number of rotatable bonds is 7. The summed E-state index contributed by atoms with van der Waals surface area (Å²) < 4.78 is 0. The highest BCUT2D eigenvalue weighted by Crippen LogP contribution is 2.42. The van der Waals surface area contributed by atoms with Crippen molar-refractivity contribution in [2.45, 2.75) is 26.7 Å². The van der Waals surface area contributed by atoms with Crippen molar-refractivity contribution in [3.05, 3.63) is 104 Å². The molecule has 0 radical (unpaired) electrons. The molecule has 0 bridgehead atoms. The molecule has 3 N–H and O–H groups in total. The van der Waals surface area contributed by atoms with Gasteiger partial charge in [-0.1, -0.05) is 53.7 Å². The smallest absolute Gasteiger partial charge is 0.254 e. The summed E-state index contributed by atoms with van der Waals surface area (Å²) in [6.07, 6.45) is 0. The molecule has 1 aliphatic heterocycles. The molecule has 0 unspecified atom stereocenters. The zero-order chi connectivity index (χ0) is 25.7. The molecule has 4 rings (SSSR count). The van der Waals surface area contributed by atoms with Crippen LogP contribution < -0.4 is 16.0 Å². The Kier molecular flexibility index (Phi) is 7.93. The van der Waals surface area contributed by atoms with Gasteiger partial charge in [-0.05, 0) is 56.0 Å². The van der Waals surface area contributed by atoms with E-state index in [1.54, 1.807) is 0 Å². The quantitative estimate of drug-likeness (QED) is 0.356. The molecule has 182 valence electrons. The number of aryl methyl sites for hydroxylation is 2. The first-order chi connectivity index (χ1) is 17.4. The average molecular weight is 515 g/mol. The van der Waals surface area contributed by atoms with E-state index in [1.807, 2.05) is 86.8 Å². The Bertz CT molecular complexity index is 1390. The van der Waals surface area contributed by atoms with Gasteiger partial charge in [0.15, 0.2) is 0 Å². The molecule has 1 atom stereocenters. The number of nitrogens with one attached hydrogen (secondary N) is 3. The Hall–Kier alpha value is -3.80.